The predicted octanol–water partition coefficient (Wildman–Crippen LogP) is 10.8. The zero-order valence-corrected chi connectivity index (χ0v) is 32.5. The van der Waals surface area contributed by atoms with Crippen LogP contribution in [-0.2, 0) is 12.8 Å². The Morgan fingerprint density at radius 2 is 1.43 bits per heavy atom. The fraction of sp³-hybridized carbons (Fsp3) is 0.229. The number of hydrogen-bond acceptors (Lipinski definition) is 1. The summed E-state index contributed by atoms with van der Waals surface area (Å²) in [6.07, 6.45) is 13.1. The van der Waals surface area contributed by atoms with Crippen molar-refractivity contribution in [2.75, 3.05) is 32.1 Å². The number of fused-ring (bicyclic) bond motifs is 4. The first-order valence-electron chi connectivity index (χ1n) is 18.5. The molecule has 2 nitrogen and oxygen atoms in total. The molecule has 0 bridgehead atoms. The molecule has 0 amide bonds. The van der Waals surface area contributed by atoms with E-state index in [0.717, 1.165) is 25.9 Å². The van der Waals surface area contributed by atoms with Crippen LogP contribution >= 0.6 is 0 Å². The summed E-state index contributed by atoms with van der Waals surface area (Å²) in [6, 6.07) is 30.5. The average molecular weight is 684 g/mol. The van der Waals surface area contributed by atoms with Crippen LogP contribution in [0.15, 0.2) is 133 Å². The van der Waals surface area contributed by atoms with Crippen LogP contribution in [0.5, 0.6) is 0 Å². The standard InChI is InChI=1S/C48H51N2Si/c1-10-24-49(6)36-19-22-43-46(30-36)51(8,9)47-31-37(50(7)25-11-2)20-23-44(47)48(43)35-27-32(5)26-34(28-35)33-18-21-42-38(12-3)40-16-14-15-17-41(40)39(13-4)45(42)29-33/h10-11,14-23,26-31H,1-2,12-13,24-25H2,3-9H3/q+1. The molecule has 5 aromatic rings. The molecule has 0 radical (unpaired) electrons. The molecule has 0 spiro atoms. The molecule has 1 heterocycles. The lowest BCUT2D eigenvalue weighted by Crippen LogP contribution is -2.49. The summed E-state index contributed by atoms with van der Waals surface area (Å²) in [5, 5.41) is 8.53. The molecule has 256 valence electrons. The molecule has 1 aliphatic heterocycles. The number of likely N-dealkylation sites (N-methyl/N-ethyl adjacent to an activating group) is 2. The Bertz CT molecular complexity index is 2380. The highest BCUT2D eigenvalue weighted by molar-refractivity contribution is 6.98. The molecule has 2 aliphatic rings. The highest BCUT2D eigenvalue weighted by Crippen LogP contribution is 2.43. The van der Waals surface area contributed by atoms with Gasteiger partial charge in [0.2, 0.25) is 0 Å². The second-order valence-electron chi connectivity index (χ2n) is 14.9. The Labute approximate surface area is 306 Å². The van der Waals surface area contributed by atoms with E-state index < -0.39 is 8.07 Å². The van der Waals surface area contributed by atoms with Gasteiger partial charge in [-0.15, -0.1) is 6.58 Å². The van der Waals surface area contributed by atoms with Crippen LogP contribution in [0, 0.1) is 6.92 Å². The summed E-state index contributed by atoms with van der Waals surface area (Å²) in [4.78, 5) is 2.30. The van der Waals surface area contributed by atoms with Gasteiger partial charge in [-0.1, -0.05) is 94.2 Å². The molecular formula is C48H51N2Si+. The molecule has 0 aromatic heterocycles. The third-order valence-corrected chi connectivity index (χ3v) is 14.8. The van der Waals surface area contributed by atoms with E-state index in [-0.39, 0.29) is 0 Å². The lowest BCUT2D eigenvalue weighted by molar-refractivity contribution is -0.484. The number of hydrogen-bond donors (Lipinski definition) is 0. The maximum absolute atomic E-state index is 4.01. The minimum atomic E-state index is -2.10. The summed E-state index contributed by atoms with van der Waals surface area (Å²) in [7, 11) is 2.23. The lowest BCUT2D eigenvalue weighted by Gasteiger charge is -2.38. The summed E-state index contributed by atoms with van der Waals surface area (Å²) in [5.41, 5.74) is 14.5. The second-order valence-corrected chi connectivity index (χ2v) is 19.2. The molecule has 0 atom stereocenters. The van der Waals surface area contributed by atoms with Crippen LogP contribution in [0.2, 0.25) is 13.1 Å². The van der Waals surface area contributed by atoms with Gasteiger partial charge in [0, 0.05) is 31.4 Å². The first kappa shape index (κ1) is 34.5. The number of benzene rings is 5. The van der Waals surface area contributed by atoms with E-state index in [9.17, 15) is 0 Å². The van der Waals surface area contributed by atoms with Crippen molar-refractivity contribution in [3.8, 4) is 11.1 Å². The second kappa shape index (κ2) is 13.6. The molecular weight excluding hydrogens is 633 g/mol. The zero-order chi connectivity index (χ0) is 36.0. The van der Waals surface area contributed by atoms with Gasteiger partial charge >= 0.3 is 0 Å². The van der Waals surface area contributed by atoms with Crippen molar-refractivity contribution < 1.29 is 4.58 Å². The number of aryl methyl sites for hydroxylation is 3. The van der Waals surface area contributed by atoms with Gasteiger partial charge in [0.1, 0.15) is 15.1 Å². The van der Waals surface area contributed by atoms with Crippen LogP contribution < -0.4 is 10.1 Å². The molecule has 3 heteroatoms. The highest BCUT2D eigenvalue weighted by Gasteiger charge is 2.40. The van der Waals surface area contributed by atoms with Gasteiger partial charge in [-0.25, -0.2) is 4.58 Å². The quantitative estimate of drug-likeness (QED) is 0.0649. The Balaban J connectivity index is 1.47. The Hall–Kier alpha value is -4.99. The Kier molecular flexibility index (Phi) is 9.20. The van der Waals surface area contributed by atoms with Crippen molar-refractivity contribution >= 4 is 51.8 Å². The molecule has 0 unspecified atom stereocenters. The van der Waals surface area contributed by atoms with E-state index in [1.165, 1.54) is 93.4 Å². The van der Waals surface area contributed by atoms with Crippen molar-refractivity contribution in [1.29, 1.82) is 0 Å². The third-order valence-electron chi connectivity index (χ3n) is 11.2. The largest absolute Gasteiger partial charge is 0.371 e. The smallest absolute Gasteiger partial charge is 0.199 e. The van der Waals surface area contributed by atoms with Crippen LogP contribution in [0.25, 0.3) is 38.2 Å². The van der Waals surface area contributed by atoms with Gasteiger partial charge in [0.15, 0.2) is 12.3 Å². The Morgan fingerprint density at radius 1 is 0.745 bits per heavy atom. The van der Waals surface area contributed by atoms with Crippen molar-refractivity contribution in [2.24, 2.45) is 0 Å². The normalized spacial score (nSPS) is 15.8. The van der Waals surface area contributed by atoms with Gasteiger partial charge in [-0.2, -0.15) is 0 Å². The summed E-state index contributed by atoms with van der Waals surface area (Å²) < 4.78 is 2.30. The van der Waals surface area contributed by atoms with Crippen molar-refractivity contribution in [1.82, 2.24) is 0 Å². The molecule has 7 rings (SSSR count). The van der Waals surface area contributed by atoms with E-state index >= 15 is 0 Å². The Morgan fingerprint density at radius 3 is 2.12 bits per heavy atom. The van der Waals surface area contributed by atoms with Gasteiger partial charge in [-0.3, -0.25) is 0 Å². The summed E-state index contributed by atoms with van der Waals surface area (Å²) in [5.74, 6) is 0. The summed E-state index contributed by atoms with van der Waals surface area (Å²) in [6.45, 7) is 21.5. The molecule has 1 aliphatic carbocycles. The van der Waals surface area contributed by atoms with Gasteiger partial charge in [0.05, 0.1) is 0 Å². The predicted molar refractivity (Wildman–Crippen MR) is 227 cm³/mol. The first-order chi connectivity index (χ1) is 24.6. The lowest BCUT2D eigenvalue weighted by atomic mass is 9.86. The third kappa shape index (κ3) is 5.88. The molecule has 0 fully saturated rings. The van der Waals surface area contributed by atoms with Crippen LogP contribution in [-0.4, -0.2) is 45.5 Å². The van der Waals surface area contributed by atoms with Crippen LogP contribution in [0.4, 0.5) is 5.69 Å². The number of allylic oxidation sites excluding steroid dienone is 5. The molecule has 0 saturated heterocycles. The molecule has 0 saturated carbocycles. The highest BCUT2D eigenvalue weighted by atomic mass is 28.3. The molecule has 5 aromatic carbocycles. The molecule has 51 heavy (non-hydrogen) atoms. The van der Waals surface area contributed by atoms with E-state index in [4.69, 9.17) is 0 Å². The monoisotopic (exact) mass is 683 g/mol. The fourth-order valence-corrected chi connectivity index (χ4v) is 11.7. The van der Waals surface area contributed by atoms with Gasteiger partial charge in [-0.05, 0) is 138 Å². The SMILES string of the molecule is C=CCN(C)c1ccc2c(c1)[Si](C)(C)C1=CC(=[N+](C)CC=C)C=CC1=C2c1cc(C)cc(-c2ccc3c(CC)c4ccccc4c(CC)c3c2)c1. The number of nitrogens with zero attached hydrogens (tertiary/aromatic N) is 2. The van der Waals surface area contributed by atoms with Gasteiger partial charge < -0.3 is 4.90 Å². The van der Waals surface area contributed by atoms with Gasteiger partial charge in [0.25, 0.3) is 0 Å². The van der Waals surface area contributed by atoms with E-state index in [2.05, 4.69) is 168 Å². The van der Waals surface area contributed by atoms with Crippen LogP contribution in [0.1, 0.15) is 41.7 Å². The zero-order valence-electron chi connectivity index (χ0n) is 31.5. The number of rotatable bonds is 9. The maximum Gasteiger partial charge on any atom is 0.199 e. The number of anilines is 1. The van der Waals surface area contributed by atoms with Crippen molar-refractivity contribution in [3.63, 3.8) is 0 Å². The van der Waals surface area contributed by atoms with E-state index in [1.54, 1.807) is 0 Å². The summed E-state index contributed by atoms with van der Waals surface area (Å²) >= 11 is 0. The minimum absolute atomic E-state index is 0.812. The van der Waals surface area contributed by atoms with E-state index in [0.29, 0.717) is 0 Å². The fourth-order valence-electron chi connectivity index (χ4n) is 8.60. The molecule has 0 N–H and O–H groups in total. The first-order valence-corrected chi connectivity index (χ1v) is 21.5. The maximum atomic E-state index is 4.01. The topological polar surface area (TPSA) is 6.25 Å². The van der Waals surface area contributed by atoms with E-state index in [1.807, 2.05) is 12.2 Å². The van der Waals surface area contributed by atoms with Crippen molar-refractivity contribution in [3.05, 3.63) is 161 Å². The minimum Gasteiger partial charge on any atom is -0.371 e. The van der Waals surface area contributed by atoms with Crippen molar-refractivity contribution in [2.45, 2.75) is 46.7 Å². The van der Waals surface area contributed by atoms with Crippen LogP contribution in [0.3, 0.4) is 0 Å². The average Bonchev–Trinajstić information content (AvgIpc) is 3.13.